The van der Waals surface area contributed by atoms with Crippen LogP contribution in [0.25, 0.3) is 17.2 Å². The van der Waals surface area contributed by atoms with E-state index in [1.807, 2.05) is 48.7 Å². The van der Waals surface area contributed by atoms with Crippen molar-refractivity contribution in [3.8, 4) is 11.1 Å². The van der Waals surface area contributed by atoms with Crippen molar-refractivity contribution in [2.45, 2.75) is 26.2 Å². The zero-order valence-corrected chi connectivity index (χ0v) is 16.6. The summed E-state index contributed by atoms with van der Waals surface area (Å²) in [6.45, 7) is 2.06. The summed E-state index contributed by atoms with van der Waals surface area (Å²) in [6.07, 6.45) is 6.02. The van der Waals surface area contributed by atoms with Gasteiger partial charge in [-0.3, -0.25) is 4.99 Å². The van der Waals surface area contributed by atoms with Crippen LogP contribution in [0.2, 0.25) is 0 Å². The molecule has 0 bridgehead atoms. The van der Waals surface area contributed by atoms with E-state index in [-0.39, 0.29) is 0 Å². The molecule has 0 aromatic heterocycles. The Morgan fingerprint density at radius 3 is 2.10 bits per heavy atom. The number of hydrogen-bond acceptors (Lipinski definition) is 2. The Kier molecular flexibility index (Phi) is 7.12. The van der Waals surface area contributed by atoms with E-state index < -0.39 is 5.97 Å². The fourth-order valence-corrected chi connectivity index (χ4v) is 3.01. The van der Waals surface area contributed by atoms with Crippen LogP contribution in [-0.4, -0.2) is 17.3 Å². The second-order valence-corrected chi connectivity index (χ2v) is 6.92. The molecule has 146 valence electrons. The van der Waals surface area contributed by atoms with Crippen molar-refractivity contribution in [2.75, 3.05) is 0 Å². The van der Waals surface area contributed by atoms with Crippen molar-refractivity contribution in [1.29, 1.82) is 0 Å². The first-order valence-electron chi connectivity index (χ1n) is 9.89. The van der Waals surface area contributed by atoms with Crippen LogP contribution in [0.15, 0.2) is 89.4 Å². The number of hydrogen-bond donors (Lipinski definition) is 1. The molecule has 0 unspecified atom stereocenters. The smallest absolute Gasteiger partial charge is 0.331 e. The van der Waals surface area contributed by atoms with Crippen molar-refractivity contribution in [3.63, 3.8) is 0 Å². The minimum absolute atomic E-state index is 0.446. The minimum atomic E-state index is -0.848. The summed E-state index contributed by atoms with van der Waals surface area (Å²) in [5, 5.41) is 9.33. The largest absolute Gasteiger partial charge is 0.478 e. The average Bonchev–Trinajstić information content (AvgIpc) is 2.77. The van der Waals surface area contributed by atoms with Crippen LogP contribution in [0, 0.1) is 0 Å². The van der Waals surface area contributed by atoms with Gasteiger partial charge in [-0.25, -0.2) is 4.79 Å². The van der Waals surface area contributed by atoms with Gasteiger partial charge in [0.05, 0.1) is 5.69 Å². The zero-order chi connectivity index (χ0) is 20.5. The summed E-state index contributed by atoms with van der Waals surface area (Å²) in [5.74, 6) is -0.848. The molecule has 0 heterocycles. The van der Waals surface area contributed by atoms with Crippen LogP contribution in [0.3, 0.4) is 0 Å². The molecule has 0 amide bonds. The number of carboxylic acids is 1. The van der Waals surface area contributed by atoms with E-state index in [1.165, 1.54) is 11.1 Å². The Balaban J connectivity index is 1.67. The Morgan fingerprint density at radius 1 is 0.862 bits per heavy atom. The van der Waals surface area contributed by atoms with Crippen molar-refractivity contribution < 1.29 is 9.90 Å². The quantitative estimate of drug-likeness (QED) is 0.345. The highest BCUT2D eigenvalue weighted by Crippen LogP contribution is 2.20. The average molecular weight is 383 g/mol. The molecule has 3 heteroatoms. The van der Waals surface area contributed by atoms with Gasteiger partial charge in [0.15, 0.2) is 0 Å². The summed E-state index contributed by atoms with van der Waals surface area (Å²) in [7, 11) is 0. The SMILES string of the molecule is CCCCC(=Cc1ccc(N=Cc2ccc(-c3ccccc3)cc2)cc1)C(=O)O. The molecule has 0 spiro atoms. The Hall–Kier alpha value is -3.46. The molecule has 3 aromatic rings. The standard InChI is InChI=1S/C26H25NO2/c1-2-3-7-24(26(28)29)18-20-12-16-25(17-13-20)27-19-21-10-14-23(15-11-21)22-8-5-4-6-9-22/h4-6,8-19H,2-3,7H2,1H3,(H,28,29). The Morgan fingerprint density at radius 2 is 1.48 bits per heavy atom. The third-order valence-corrected chi connectivity index (χ3v) is 4.69. The molecule has 29 heavy (non-hydrogen) atoms. The molecule has 0 radical (unpaired) electrons. The van der Waals surface area contributed by atoms with Crippen LogP contribution in [0.4, 0.5) is 5.69 Å². The van der Waals surface area contributed by atoms with E-state index in [0.29, 0.717) is 12.0 Å². The summed E-state index contributed by atoms with van der Waals surface area (Å²) >= 11 is 0. The molecule has 0 fully saturated rings. The normalized spacial score (nSPS) is 11.7. The van der Waals surface area contributed by atoms with E-state index in [4.69, 9.17) is 0 Å². The number of nitrogens with zero attached hydrogens (tertiary/aromatic N) is 1. The second-order valence-electron chi connectivity index (χ2n) is 6.92. The number of aliphatic imine (C=N–C) groups is 1. The number of unbranched alkanes of at least 4 members (excludes halogenated alkanes) is 1. The summed E-state index contributed by atoms with van der Waals surface area (Å²) in [6, 6.07) is 26.2. The van der Waals surface area contributed by atoms with Crippen LogP contribution < -0.4 is 0 Å². The molecule has 0 saturated carbocycles. The monoisotopic (exact) mass is 383 g/mol. The summed E-state index contributed by atoms with van der Waals surface area (Å²) in [4.78, 5) is 15.9. The topological polar surface area (TPSA) is 49.7 Å². The lowest BCUT2D eigenvalue weighted by molar-refractivity contribution is -0.132. The highest BCUT2D eigenvalue weighted by molar-refractivity contribution is 5.92. The predicted octanol–water partition coefficient (Wildman–Crippen LogP) is 6.76. The fourth-order valence-electron chi connectivity index (χ4n) is 3.01. The van der Waals surface area contributed by atoms with E-state index in [1.54, 1.807) is 6.08 Å². The van der Waals surface area contributed by atoms with Crippen molar-refractivity contribution in [1.82, 2.24) is 0 Å². The van der Waals surface area contributed by atoms with Gasteiger partial charge in [-0.1, -0.05) is 80.1 Å². The van der Waals surface area contributed by atoms with Gasteiger partial charge < -0.3 is 5.11 Å². The van der Waals surface area contributed by atoms with Gasteiger partial charge >= 0.3 is 5.97 Å². The maximum absolute atomic E-state index is 11.4. The molecular weight excluding hydrogens is 358 g/mol. The number of aliphatic carboxylic acids is 1. The molecular formula is C26H25NO2. The van der Waals surface area contributed by atoms with Gasteiger partial charge in [-0.15, -0.1) is 0 Å². The van der Waals surface area contributed by atoms with Gasteiger partial charge in [0.1, 0.15) is 0 Å². The molecule has 1 N–H and O–H groups in total. The van der Waals surface area contributed by atoms with Crippen LogP contribution in [0.1, 0.15) is 37.3 Å². The van der Waals surface area contributed by atoms with Crippen molar-refractivity contribution in [2.24, 2.45) is 4.99 Å². The minimum Gasteiger partial charge on any atom is -0.478 e. The van der Waals surface area contributed by atoms with Gasteiger partial charge in [-0.2, -0.15) is 0 Å². The van der Waals surface area contributed by atoms with Gasteiger partial charge in [-0.05, 0) is 53.3 Å². The predicted molar refractivity (Wildman–Crippen MR) is 121 cm³/mol. The molecule has 3 aromatic carbocycles. The fraction of sp³-hybridized carbons (Fsp3) is 0.154. The Bertz CT molecular complexity index is 985. The van der Waals surface area contributed by atoms with Crippen LogP contribution in [-0.2, 0) is 4.79 Å². The molecule has 0 atom stereocenters. The lowest BCUT2D eigenvalue weighted by Gasteiger charge is -2.03. The molecule has 0 aliphatic rings. The van der Waals surface area contributed by atoms with Crippen molar-refractivity contribution >= 4 is 23.9 Å². The third-order valence-electron chi connectivity index (χ3n) is 4.69. The second kappa shape index (κ2) is 10.2. The lowest BCUT2D eigenvalue weighted by Crippen LogP contribution is -2.00. The van der Waals surface area contributed by atoms with Crippen LogP contribution >= 0.6 is 0 Å². The molecule has 0 aliphatic heterocycles. The third kappa shape index (κ3) is 6.01. The first kappa shape index (κ1) is 20.3. The molecule has 3 rings (SSSR count). The van der Waals surface area contributed by atoms with Gasteiger partial charge in [0.2, 0.25) is 0 Å². The van der Waals surface area contributed by atoms with E-state index >= 15 is 0 Å². The van der Waals surface area contributed by atoms with E-state index in [9.17, 15) is 9.90 Å². The highest BCUT2D eigenvalue weighted by atomic mass is 16.4. The first-order chi connectivity index (χ1) is 14.2. The maximum atomic E-state index is 11.4. The number of benzene rings is 3. The van der Waals surface area contributed by atoms with Gasteiger partial charge in [0, 0.05) is 11.8 Å². The summed E-state index contributed by atoms with van der Waals surface area (Å²) < 4.78 is 0. The first-order valence-corrected chi connectivity index (χ1v) is 9.89. The van der Waals surface area contributed by atoms with Crippen molar-refractivity contribution in [3.05, 3.63) is 95.6 Å². The zero-order valence-electron chi connectivity index (χ0n) is 16.6. The molecule has 0 aliphatic carbocycles. The molecule has 3 nitrogen and oxygen atoms in total. The van der Waals surface area contributed by atoms with Gasteiger partial charge in [0.25, 0.3) is 0 Å². The summed E-state index contributed by atoms with van der Waals surface area (Å²) in [5.41, 5.74) is 5.56. The van der Waals surface area contributed by atoms with E-state index in [2.05, 4.69) is 48.3 Å². The maximum Gasteiger partial charge on any atom is 0.331 e. The number of carbonyl (C=O) groups is 1. The van der Waals surface area contributed by atoms with E-state index in [0.717, 1.165) is 29.7 Å². The van der Waals surface area contributed by atoms with Crippen LogP contribution in [0.5, 0.6) is 0 Å². The molecule has 0 saturated heterocycles. The number of rotatable bonds is 8. The lowest BCUT2D eigenvalue weighted by atomic mass is 10.0. The highest BCUT2D eigenvalue weighted by Gasteiger charge is 2.06. The Labute approximate surface area is 172 Å². The number of carboxylic acid groups (broad SMARTS) is 1.